The average Bonchev–Trinajstić information content (AvgIpc) is 2.67. The Kier molecular flexibility index (Phi) is 2.69. The lowest BCUT2D eigenvalue weighted by Crippen LogP contribution is -2.01. The molecule has 1 aromatic heterocycles. The molecule has 0 radical (unpaired) electrons. The number of hydrogen-bond donors (Lipinski definition) is 0. The van der Waals surface area contributed by atoms with E-state index < -0.39 is 0 Å². The molecule has 0 unspecified atom stereocenters. The van der Waals surface area contributed by atoms with Crippen LogP contribution in [0.5, 0.6) is 0 Å². The predicted octanol–water partition coefficient (Wildman–Crippen LogP) is 2.09. The van der Waals surface area contributed by atoms with Crippen molar-refractivity contribution in [2.75, 3.05) is 0 Å². The van der Waals surface area contributed by atoms with E-state index in [1.54, 1.807) is 10.9 Å². The summed E-state index contributed by atoms with van der Waals surface area (Å²) in [6.07, 6.45) is 1.69. The molecule has 4 heteroatoms. The highest BCUT2D eigenvalue weighted by Gasteiger charge is 2.08. The second-order valence-electron chi connectivity index (χ2n) is 3.75. The van der Waals surface area contributed by atoms with Crippen molar-refractivity contribution < 1.29 is 0 Å². The highest BCUT2D eigenvalue weighted by molar-refractivity contribution is 5.63. The summed E-state index contributed by atoms with van der Waals surface area (Å²) >= 11 is 0. The largest absolute Gasteiger partial charge is 0.230 e. The van der Waals surface area contributed by atoms with E-state index in [-0.39, 0.29) is 6.54 Å². The Hall–Kier alpha value is -2.15. The van der Waals surface area contributed by atoms with Crippen LogP contribution in [0.15, 0.2) is 24.4 Å². The van der Waals surface area contributed by atoms with Crippen LogP contribution in [-0.2, 0) is 6.54 Å². The van der Waals surface area contributed by atoms with Gasteiger partial charge in [-0.15, -0.1) is 5.10 Å². The van der Waals surface area contributed by atoms with Crippen molar-refractivity contribution in [1.82, 2.24) is 15.0 Å². The van der Waals surface area contributed by atoms with Gasteiger partial charge < -0.3 is 0 Å². The van der Waals surface area contributed by atoms with Gasteiger partial charge in [0.2, 0.25) is 0 Å². The Balaban J connectivity index is 2.51. The molecule has 0 saturated heterocycles. The molecule has 0 saturated carbocycles. The van der Waals surface area contributed by atoms with E-state index in [9.17, 15) is 0 Å². The summed E-state index contributed by atoms with van der Waals surface area (Å²) in [6.45, 7) is 4.33. The van der Waals surface area contributed by atoms with Gasteiger partial charge in [0.1, 0.15) is 6.54 Å². The number of hydrogen-bond acceptors (Lipinski definition) is 3. The maximum absolute atomic E-state index is 8.68. The van der Waals surface area contributed by atoms with Gasteiger partial charge in [-0.2, -0.15) is 5.26 Å². The van der Waals surface area contributed by atoms with Crippen molar-refractivity contribution in [3.05, 3.63) is 35.5 Å². The zero-order valence-electron chi connectivity index (χ0n) is 9.31. The van der Waals surface area contributed by atoms with Crippen molar-refractivity contribution in [3.8, 4) is 17.3 Å². The molecule has 0 atom stereocenters. The molecule has 80 valence electrons. The number of nitriles is 1. The number of benzene rings is 1. The standard InChI is InChI=1S/C12H12N4/c1-9-3-4-11(10(2)7-9)12-8-14-15-16(12)6-5-13/h3-4,7-8H,6H2,1-2H3. The fourth-order valence-electron chi connectivity index (χ4n) is 1.75. The Morgan fingerprint density at radius 3 is 2.88 bits per heavy atom. The van der Waals surface area contributed by atoms with E-state index in [0.717, 1.165) is 11.3 Å². The van der Waals surface area contributed by atoms with E-state index >= 15 is 0 Å². The molecule has 0 aliphatic heterocycles. The van der Waals surface area contributed by atoms with Crippen molar-refractivity contribution in [1.29, 1.82) is 5.26 Å². The smallest absolute Gasteiger partial charge is 0.130 e. The molecule has 16 heavy (non-hydrogen) atoms. The molecule has 0 N–H and O–H groups in total. The molecule has 2 rings (SSSR count). The maximum atomic E-state index is 8.68. The number of aromatic nitrogens is 3. The average molecular weight is 212 g/mol. The number of nitrogens with zero attached hydrogens (tertiary/aromatic N) is 4. The molecular weight excluding hydrogens is 200 g/mol. The van der Waals surface area contributed by atoms with E-state index in [1.165, 1.54) is 11.1 Å². The van der Waals surface area contributed by atoms with Gasteiger partial charge >= 0.3 is 0 Å². The minimum atomic E-state index is 0.225. The van der Waals surface area contributed by atoms with Crippen molar-refractivity contribution in [2.45, 2.75) is 20.4 Å². The second kappa shape index (κ2) is 4.15. The molecule has 0 spiro atoms. The molecule has 1 heterocycles. The number of aryl methyl sites for hydroxylation is 2. The first-order chi connectivity index (χ1) is 7.72. The van der Waals surface area contributed by atoms with Crippen LogP contribution >= 0.6 is 0 Å². The van der Waals surface area contributed by atoms with Crippen LogP contribution in [0.2, 0.25) is 0 Å². The quantitative estimate of drug-likeness (QED) is 0.765. The summed E-state index contributed by atoms with van der Waals surface area (Å²) in [7, 11) is 0. The van der Waals surface area contributed by atoms with E-state index in [2.05, 4.69) is 29.4 Å². The molecule has 0 amide bonds. The van der Waals surface area contributed by atoms with Gasteiger partial charge in [-0.3, -0.25) is 0 Å². The van der Waals surface area contributed by atoms with E-state index in [0.29, 0.717) is 0 Å². The first-order valence-corrected chi connectivity index (χ1v) is 5.05. The van der Waals surface area contributed by atoms with Crippen LogP contribution in [-0.4, -0.2) is 15.0 Å². The Morgan fingerprint density at radius 1 is 1.38 bits per heavy atom. The number of rotatable bonds is 2. The lowest BCUT2D eigenvalue weighted by atomic mass is 10.0. The van der Waals surface area contributed by atoms with E-state index in [1.807, 2.05) is 19.1 Å². The maximum Gasteiger partial charge on any atom is 0.130 e. The highest BCUT2D eigenvalue weighted by atomic mass is 15.4. The molecular formula is C12H12N4. The second-order valence-corrected chi connectivity index (χ2v) is 3.75. The fourth-order valence-corrected chi connectivity index (χ4v) is 1.75. The minimum absolute atomic E-state index is 0.225. The Bertz CT molecular complexity index is 548. The van der Waals surface area contributed by atoms with Gasteiger partial charge in [0.05, 0.1) is 18.0 Å². The van der Waals surface area contributed by atoms with Crippen molar-refractivity contribution in [3.63, 3.8) is 0 Å². The van der Waals surface area contributed by atoms with Gasteiger partial charge in [0.15, 0.2) is 0 Å². The molecule has 1 aromatic carbocycles. The minimum Gasteiger partial charge on any atom is -0.230 e. The molecule has 4 nitrogen and oxygen atoms in total. The lowest BCUT2D eigenvalue weighted by molar-refractivity contribution is 0.674. The topological polar surface area (TPSA) is 54.5 Å². The van der Waals surface area contributed by atoms with Crippen molar-refractivity contribution >= 4 is 0 Å². The highest BCUT2D eigenvalue weighted by Crippen LogP contribution is 2.22. The van der Waals surface area contributed by atoms with Crippen LogP contribution < -0.4 is 0 Å². The van der Waals surface area contributed by atoms with Crippen LogP contribution in [0.25, 0.3) is 11.3 Å². The van der Waals surface area contributed by atoms with Crippen LogP contribution in [0.3, 0.4) is 0 Å². The van der Waals surface area contributed by atoms with Crippen LogP contribution in [0.1, 0.15) is 11.1 Å². The van der Waals surface area contributed by atoms with Gasteiger partial charge in [0.25, 0.3) is 0 Å². The fraction of sp³-hybridized carbons (Fsp3) is 0.250. The van der Waals surface area contributed by atoms with Crippen LogP contribution in [0.4, 0.5) is 0 Å². The summed E-state index contributed by atoms with van der Waals surface area (Å²) in [4.78, 5) is 0. The first kappa shape index (κ1) is 10.4. The lowest BCUT2D eigenvalue weighted by Gasteiger charge is -2.06. The third kappa shape index (κ3) is 1.80. The zero-order valence-corrected chi connectivity index (χ0v) is 9.31. The molecule has 0 fully saturated rings. The summed E-state index contributed by atoms with van der Waals surface area (Å²) in [6, 6.07) is 8.27. The summed E-state index contributed by atoms with van der Waals surface area (Å²) < 4.78 is 1.61. The normalized spacial score (nSPS) is 10.1. The Labute approximate surface area is 94.1 Å². The summed E-state index contributed by atoms with van der Waals surface area (Å²) in [5, 5.41) is 16.4. The van der Waals surface area contributed by atoms with Crippen LogP contribution in [0, 0.1) is 25.2 Å². The third-order valence-electron chi connectivity index (χ3n) is 2.50. The summed E-state index contributed by atoms with van der Waals surface area (Å²) in [5.41, 5.74) is 4.35. The van der Waals surface area contributed by atoms with Gasteiger partial charge in [0, 0.05) is 5.56 Å². The molecule has 0 aliphatic carbocycles. The van der Waals surface area contributed by atoms with E-state index in [4.69, 9.17) is 5.26 Å². The SMILES string of the molecule is Cc1ccc(-c2cnnn2CC#N)c(C)c1. The third-order valence-corrected chi connectivity index (χ3v) is 2.50. The zero-order chi connectivity index (χ0) is 11.5. The molecule has 0 bridgehead atoms. The first-order valence-electron chi connectivity index (χ1n) is 5.05. The molecule has 2 aromatic rings. The summed E-state index contributed by atoms with van der Waals surface area (Å²) in [5.74, 6) is 0. The predicted molar refractivity (Wildman–Crippen MR) is 60.5 cm³/mol. The van der Waals surface area contributed by atoms with Crippen molar-refractivity contribution in [2.24, 2.45) is 0 Å². The molecule has 0 aliphatic rings. The van der Waals surface area contributed by atoms with Gasteiger partial charge in [-0.05, 0) is 19.4 Å². The monoisotopic (exact) mass is 212 g/mol. The van der Waals surface area contributed by atoms with Gasteiger partial charge in [-0.25, -0.2) is 4.68 Å². The van der Waals surface area contributed by atoms with Gasteiger partial charge in [-0.1, -0.05) is 29.0 Å². The Morgan fingerprint density at radius 2 is 2.19 bits per heavy atom.